The molecule has 4 rings (SSSR count). The van der Waals surface area contributed by atoms with Gasteiger partial charge in [-0.1, -0.05) is 39.8 Å². The summed E-state index contributed by atoms with van der Waals surface area (Å²) in [5.74, 6) is 0.214. The van der Waals surface area contributed by atoms with Gasteiger partial charge in [-0.15, -0.1) is 11.3 Å². The molecule has 2 atom stereocenters. The van der Waals surface area contributed by atoms with E-state index in [0.717, 1.165) is 23.5 Å². The number of carbonyl (C=O) groups excluding carboxylic acids is 1. The molecule has 5 nitrogen and oxygen atoms in total. The molecular formula is C26H37N3O2S. The minimum absolute atomic E-state index is 0.155. The van der Waals surface area contributed by atoms with Crippen LogP contribution >= 0.6 is 11.3 Å². The molecule has 2 heterocycles. The summed E-state index contributed by atoms with van der Waals surface area (Å²) in [6.07, 6.45) is 3.37. The topological polar surface area (TPSA) is 79.5 Å². The van der Waals surface area contributed by atoms with E-state index in [2.05, 4.69) is 51.3 Å². The average Bonchev–Trinajstić information content (AvgIpc) is 3.26. The van der Waals surface area contributed by atoms with Crippen LogP contribution in [0.1, 0.15) is 82.4 Å². The predicted octanol–water partition coefficient (Wildman–Crippen LogP) is 4.57. The molecule has 2 aliphatic rings. The Bertz CT molecular complexity index is 987. The van der Waals surface area contributed by atoms with Crippen LogP contribution in [-0.4, -0.2) is 46.1 Å². The van der Waals surface area contributed by atoms with Crippen molar-refractivity contribution in [1.82, 2.24) is 9.88 Å². The van der Waals surface area contributed by atoms with Gasteiger partial charge < -0.3 is 15.7 Å². The van der Waals surface area contributed by atoms with E-state index in [1.165, 1.54) is 29.5 Å². The number of nitrogens with zero attached hydrogens (tertiary/aromatic N) is 2. The molecular weight excluding hydrogens is 418 g/mol. The summed E-state index contributed by atoms with van der Waals surface area (Å²) in [5, 5.41) is 13.0. The third-order valence-corrected chi connectivity index (χ3v) is 8.64. The molecule has 0 radical (unpaired) electrons. The second kappa shape index (κ2) is 8.54. The lowest BCUT2D eigenvalue weighted by Crippen LogP contribution is -2.51. The molecule has 0 bridgehead atoms. The zero-order valence-electron chi connectivity index (χ0n) is 20.0. The first-order chi connectivity index (χ1) is 15.0. The van der Waals surface area contributed by atoms with Gasteiger partial charge in [0, 0.05) is 30.0 Å². The summed E-state index contributed by atoms with van der Waals surface area (Å²) in [4.78, 5) is 19.2. The maximum absolute atomic E-state index is 12.4. The predicted molar refractivity (Wildman–Crippen MR) is 131 cm³/mol. The molecule has 1 aliphatic carbocycles. The first-order valence-electron chi connectivity index (χ1n) is 11.8. The fourth-order valence-electron chi connectivity index (χ4n) is 5.12. The molecule has 0 saturated carbocycles. The monoisotopic (exact) mass is 455 g/mol. The number of aromatic nitrogens is 1. The molecule has 0 spiro atoms. The van der Waals surface area contributed by atoms with E-state index < -0.39 is 12.1 Å². The van der Waals surface area contributed by atoms with Crippen LogP contribution in [0.15, 0.2) is 23.6 Å². The summed E-state index contributed by atoms with van der Waals surface area (Å²) >= 11 is 1.73. The lowest BCUT2D eigenvalue weighted by molar-refractivity contribution is -0.135. The van der Waals surface area contributed by atoms with E-state index in [0.29, 0.717) is 19.0 Å². The van der Waals surface area contributed by atoms with Crippen molar-refractivity contribution in [2.45, 2.75) is 89.2 Å². The van der Waals surface area contributed by atoms with E-state index in [4.69, 9.17) is 10.7 Å². The standard InChI is InChI=1S/C26H37N3O2S/c1-16(30)22(27)24(31)29-12-8-17(9-13-29)23-28-21(15-32-23)18-6-7-19-20(14-18)26(4,5)11-10-25(19,2)3/h6-7,14-17,22,30H,8-13,27H2,1-5H3. The number of hydrogen-bond donors (Lipinski definition) is 2. The van der Waals surface area contributed by atoms with Gasteiger partial charge in [0.25, 0.3) is 0 Å². The molecule has 2 unspecified atom stereocenters. The number of aliphatic hydroxyl groups is 1. The fourth-order valence-corrected chi connectivity index (χ4v) is 6.12. The molecule has 174 valence electrons. The third kappa shape index (κ3) is 4.37. The van der Waals surface area contributed by atoms with E-state index in [-0.39, 0.29) is 16.7 Å². The Kier molecular flexibility index (Phi) is 6.25. The minimum atomic E-state index is -0.837. The number of thiazole rings is 1. The number of amides is 1. The largest absolute Gasteiger partial charge is 0.391 e. The van der Waals surface area contributed by atoms with Gasteiger partial charge in [0.05, 0.1) is 16.8 Å². The van der Waals surface area contributed by atoms with Gasteiger partial charge in [0.1, 0.15) is 6.04 Å². The quantitative estimate of drug-likeness (QED) is 0.708. The van der Waals surface area contributed by atoms with Crippen molar-refractivity contribution < 1.29 is 9.90 Å². The number of nitrogens with two attached hydrogens (primary N) is 1. The number of benzene rings is 1. The number of piperidine rings is 1. The van der Waals surface area contributed by atoms with Gasteiger partial charge >= 0.3 is 0 Å². The summed E-state index contributed by atoms with van der Waals surface area (Å²) in [6, 6.07) is 6.09. The van der Waals surface area contributed by atoms with E-state index in [1.54, 1.807) is 23.2 Å². The lowest BCUT2D eigenvalue weighted by Gasteiger charge is -2.42. The van der Waals surface area contributed by atoms with Crippen LogP contribution in [0.5, 0.6) is 0 Å². The Morgan fingerprint density at radius 3 is 2.41 bits per heavy atom. The van der Waals surface area contributed by atoms with Gasteiger partial charge in [0.15, 0.2) is 0 Å². The summed E-state index contributed by atoms with van der Waals surface area (Å²) in [6.45, 7) is 12.3. The Hall–Kier alpha value is -1.76. The van der Waals surface area contributed by atoms with Crippen LogP contribution in [0.4, 0.5) is 0 Å². The number of hydrogen-bond acceptors (Lipinski definition) is 5. The maximum Gasteiger partial charge on any atom is 0.242 e. The molecule has 1 saturated heterocycles. The Morgan fingerprint density at radius 2 is 1.78 bits per heavy atom. The van der Waals surface area contributed by atoms with Crippen LogP contribution in [0, 0.1) is 0 Å². The average molecular weight is 456 g/mol. The highest BCUT2D eigenvalue weighted by Gasteiger charge is 2.37. The second-order valence-corrected chi connectivity index (χ2v) is 11.9. The van der Waals surface area contributed by atoms with E-state index >= 15 is 0 Å². The molecule has 1 amide bonds. The molecule has 1 aliphatic heterocycles. The van der Waals surface area contributed by atoms with Gasteiger partial charge in [0.2, 0.25) is 5.91 Å². The molecule has 1 aromatic carbocycles. The Balaban J connectivity index is 1.49. The van der Waals surface area contributed by atoms with E-state index in [9.17, 15) is 9.90 Å². The lowest BCUT2D eigenvalue weighted by atomic mass is 9.63. The van der Waals surface area contributed by atoms with Crippen LogP contribution in [0.2, 0.25) is 0 Å². The number of fused-ring (bicyclic) bond motifs is 1. The highest BCUT2D eigenvalue weighted by molar-refractivity contribution is 7.10. The highest BCUT2D eigenvalue weighted by atomic mass is 32.1. The number of carbonyl (C=O) groups is 1. The van der Waals surface area contributed by atoms with Crippen molar-refractivity contribution in [3.05, 3.63) is 39.7 Å². The zero-order chi connectivity index (χ0) is 23.3. The van der Waals surface area contributed by atoms with Crippen LogP contribution in [0.25, 0.3) is 11.3 Å². The normalized spacial score (nSPS) is 22.3. The first-order valence-corrected chi connectivity index (χ1v) is 12.7. The molecule has 32 heavy (non-hydrogen) atoms. The van der Waals surface area contributed by atoms with Crippen LogP contribution < -0.4 is 5.73 Å². The second-order valence-electron chi connectivity index (χ2n) is 11.0. The summed E-state index contributed by atoms with van der Waals surface area (Å²) < 4.78 is 0. The number of likely N-dealkylation sites (tertiary alicyclic amines) is 1. The van der Waals surface area contributed by atoms with Gasteiger partial charge in [-0.2, -0.15) is 0 Å². The van der Waals surface area contributed by atoms with Crippen molar-refractivity contribution >= 4 is 17.2 Å². The van der Waals surface area contributed by atoms with Gasteiger partial charge in [-0.05, 0) is 60.6 Å². The van der Waals surface area contributed by atoms with Crippen molar-refractivity contribution in [2.75, 3.05) is 13.1 Å². The molecule has 1 aromatic heterocycles. The Labute approximate surface area is 196 Å². The third-order valence-electron chi connectivity index (χ3n) is 7.63. The van der Waals surface area contributed by atoms with Gasteiger partial charge in [-0.25, -0.2) is 4.98 Å². The number of aliphatic hydroxyl groups excluding tert-OH is 1. The van der Waals surface area contributed by atoms with Crippen molar-refractivity contribution in [1.29, 1.82) is 0 Å². The highest BCUT2D eigenvalue weighted by Crippen LogP contribution is 2.47. The van der Waals surface area contributed by atoms with Crippen molar-refractivity contribution in [3.8, 4) is 11.3 Å². The summed E-state index contributed by atoms with van der Waals surface area (Å²) in [7, 11) is 0. The van der Waals surface area contributed by atoms with Crippen LogP contribution in [0.3, 0.4) is 0 Å². The Morgan fingerprint density at radius 1 is 1.16 bits per heavy atom. The number of rotatable bonds is 4. The molecule has 3 N–H and O–H groups in total. The SMILES string of the molecule is CC(O)C(N)C(=O)N1CCC(c2nc(-c3ccc4c(c3)C(C)(C)CCC4(C)C)cs2)CC1. The summed E-state index contributed by atoms with van der Waals surface area (Å²) in [5.41, 5.74) is 11.4. The smallest absolute Gasteiger partial charge is 0.242 e. The van der Waals surface area contributed by atoms with E-state index in [1.807, 2.05) is 0 Å². The minimum Gasteiger partial charge on any atom is -0.391 e. The van der Waals surface area contributed by atoms with Gasteiger partial charge in [-0.3, -0.25) is 4.79 Å². The molecule has 2 aromatic rings. The fraction of sp³-hybridized carbons (Fsp3) is 0.615. The van der Waals surface area contributed by atoms with Crippen molar-refractivity contribution in [2.24, 2.45) is 5.73 Å². The first kappa shape index (κ1) is 23.4. The zero-order valence-corrected chi connectivity index (χ0v) is 20.8. The van der Waals surface area contributed by atoms with Crippen LogP contribution in [-0.2, 0) is 15.6 Å². The molecule has 6 heteroatoms. The van der Waals surface area contributed by atoms with Crippen molar-refractivity contribution in [3.63, 3.8) is 0 Å². The molecule has 1 fully saturated rings. The maximum atomic E-state index is 12.4.